The molecule has 2 heterocycles. The summed E-state index contributed by atoms with van der Waals surface area (Å²) in [5.41, 5.74) is -0.0282. The van der Waals surface area contributed by atoms with Crippen molar-refractivity contribution >= 4 is 17.7 Å². The summed E-state index contributed by atoms with van der Waals surface area (Å²) in [6.45, 7) is 0. The van der Waals surface area contributed by atoms with E-state index < -0.39 is 5.97 Å². The van der Waals surface area contributed by atoms with Crippen molar-refractivity contribution in [1.29, 1.82) is 0 Å². The topological polar surface area (TPSA) is 109 Å². The summed E-state index contributed by atoms with van der Waals surface area (Å²) in [4.78, 5) is 14.5. The van der Waals surface area contributed by atoms with Crippen molar-refractivity contribution in [2.24, 2.45) is 7.05 Å². The predicted octanol–water partition coefficient (Wildman–Crippen LogP) is -0.0200. The molecule has 8 nitrogen and oxygen atoms in total. The van der Waals surface area contributed by atoms with Crippen molar-refractivity contribution < 1.29 is 9.90 Å². The summed E-state index contributed by atoms with van der Waals surface area (Å²) >= 11 is 0. The average molecular weight is 208 g/mol. The van der Waals surface area contributed by atoms with E-state index in [-0.39, 0.29) is 5.69 Å². The van der Waals surface area contributed by atoms with E-state index in [0.29, 0.717) is 11.8 Å². The molecule has 0 aliphatic carbocycles. The molecule has 0 atom stereocenters. The van der Waals surface area contributed by atoms with E-state index in [2.05, 4.69) is 25.6 Å². The zero-order valence-corrected chi connectivity index (χ0v) is 7.80. The van der Waals surface area contributed by atoms with Gasteiger partial charge in [0.1, 0.15) is 12.1 Å². The highest BCUT2D eigenvalue weighted by Gasteiger charge is 2.11. The molecule has 0 aliphatic heterocycles. The molecule has 0 aliphatic rings. The molecule has 3 N–H and O–H groups in total. The van der Waals surface area contributed by atoms with E-state index in [1.54, 1.807) is 7.05 Å². The normalized spacial score (nSPS) is 10.2. The van der Waals surface area contributed by atoms with Gasteiger partial charge in [-0.3, -0.25) is 4.68 Å². The maximum Gasteiger partial charge on any atom is 0.356 e. The number of aromatic carboxylic acids is 1. The fraction of sp³-hybridized carbons (Fsp3) is 0.143. The van der Waals surface area contributed by atoms with Crippen molar-refractivity contribution in [3.63, 3.8) is 0 Å². The summed E-state index contributed by atoms with van der Waals surface area (Å²) < 4.78 is 1.41. The van der Waals surface area contributed by atoms with Crippen LogP contribution >= 0.6 is 0 Å². The van der Waals surface area contributed by atoms with Crippen molar-refractivity contribution in [1.82, 2.24) is 25.0 Å². The van der Waals surface area contributed by atoms with Crippen LogP contribution in [0.5, 0.6) is 0 Å². The summed E-state index contributed by atoms with van der Waals surface area (Å²) in [5, 5.41) is 21.6. The molecule has 0 spiro atoms. The Kier molecular flexibility index (Phi) is 2.08. The molecule has 0 saturated heterocycles. The molecule has 15 heavy (non-hydrogen) atoms. The van der Waals surface area contributed by atoms with Gasteiger partial charge in [0.25, 0.3) is 0 Å². The zero-order chi connectivity index (χ0) is 10.8. The number of H-pyrrole nitrogens is 1. The van der Waals surface area contributed by atoms with Gasteiger partial charge in [-0.05, 0) is 0 Å². The highest BCUT2D eigenvalue weighted by Crippen LogP contribution is 2.12. The molecule has 78 valence electrons. The van der Waals surface area contributed by atoms with Crippen molar-refractivity contribution in [2.75, 3.05) is 5.32 Å². The first-order valence-corrected chi connectivity index (χ1v) is 4.06. The van der Waals surface area contributed by atoms with E-state index in [1.807, 2.05) is 0 Å². The van der Waals surface area contributed by atoms with Crippen LogP contribution in [-0.4, -0.2) is 36.0 Å². The molecule has 0 amide bonds. The monoisotopic (exact) mass is 208 g/mol. The Bertz CT molecular complexity index is 474. The Morgan fingerprint density at radius 2 is 2.47 bits per heavy atom. The van der Waals surface area contributed by atoms with Crippen molar-refractivity contribution in [3.05, 3.63) is 18.1 Å². The molecule has 0 radical (unpaired) electrons. The highest BCUT2D eigenvalue weighted by atomic mass is 16.4. The van der Waals surface area contributed by atoms with E-state index >= 15 is 0 Å². The lowest BCUT2D eigenvalue weighted by molar-refractivity contribution is 0.0689. The van der Waals surface area contributed by atoms with E-state index in [0.717, 1.165) is 0 Å². The van der Waals surface area contributed by atoms with Crippen LogP contribution in [-0.2, 0) is 7.05 Å². The number of hydrogen-bond acceptors (Lipinski definition) is 5. The third-order valence-corrected chi connectivity index (χ3v) is 1.76. The van der Waals surface area contributed by atoms with Gasteiger partial charge >= 0.3 is 5.97 Å². The molecular weight excluding hydrogens is 200 g/mol. The van der Waals surface area contributed by atoms with Crippen LogP contribution in [0, 0.1) is 0 Å². The Labute approximate surface area is 83.9 Å². The molecule has 2 aromatic rings. The fourth-order valence-electron chi connectivity index (χ4n) is 1.08. The first-order valence-electron chi connectivity index (χ1n) is 4.06. The first kappa shape index (κ1) is 9.19. The number of anilines is 2. The molecule has 2 rings (SSSR count). The lowest BCUT2D eigenvalue weighted by Crippen LogP contribution is -2.01. The average Bonchev–Trinajstić information content (AvgIpc) is 2.77. The number of carboxylic acids is 1. The number of nitrogens with one attached hydrogen (secondary N) is 2. The number of carboxylic acid groups (broad SMARTS) is 1. The maximum absolute atomic E-state index is 10.6. The number of aromatic nitrogens is 5. The quantitative estimate of drug-likeness (QED) is 0.654. The van der Waals surface area contributed by atoms with Gasteiger partial charge < -0.3 is 10.4 Å². The Balaban J connectivity index is 2.25. The van der Waals surface area contributed by atoms with Crippen LogP contribution in [0.25, 0.3) is 0 Å². The molecule has 0 saturated carbocycles. The lowest BCUT2D eigenvalue weighted by atomic mass is 10.4. The fourth-order valence-corrected chi connectivity index (χ4v) is 1.08. The van der Waals surface area contributed by atoms with E-state index in [1.165, 1.54) is 17.1 Å². The van der Waals surface area contributed by atoms with Crippen LogP contribution in [0.15, 0.2) is 12.4 Å². The van der Waals surface area contributed by atoms with Crippen molar-refractivity contribution in [2.45, 2.75) is 0 Å². The van der Waals surface area contributed by atoms with Crippen LogP contribution in [0.1, 0.15) is 10.5 Å². The summed E-state index contributed by atoms with van der Waals surface area (Å²) in [7, 11) is 1.63. The number of aromatic amines is 1. The molecule has 0 fully saturated rings. The first-order chi connectivity index (χ1) is 7.16. The molecule has 0 bridgehead atoms. The minimum absolute atomic E-state index is 0.0282. The number of carbonyl (C=O) groups is 1. The largest absolute Gasteiger partial charge is 0.476 e. The second kappa shape index (κ2) is 3.40. The van der Waals surface area contributed by atoms with Gasteiger partial charge in [-0.25, -0.2) is 9.89 Å². The summed E-state index contributed by atoms with van der Waals surface area (Å²) in [5.74, 6) is -0.129. The molecule has 0 aromatic carbocycles. The Morgan fingerprint density at radius 3 is 3.00 bits per heavy atom. The maximum atomic E-state index is 10.6. The van der Waals surface area contributed by atoms with Gasteiger partial charge in [-0.1, -0.05) is 0 Å². The minimum atomic E-state index is -1.07. The number of rotatable bonds is 3. The zero-order valence-electron chi connectivity index (χ0n) is 7.80. The Hall–Kier alpha value is -2.38. The number of hydrogen-bond donors (Lipinski definition) is 3. The summed E-state index contributed by atoms with van der Waals surface area (Å²) in [6, 6.07) is 1.41. The second-order valence-corrected chi connectivity index (χ2v) is 2.80. The van der Waals surface area contributed by atoms with Gasteiger partial charge in [0.05, 0.1) is 0 Å². The van der Waals surface area contributed by atoms with Crippen LogP contribution < -0.4 is 5.32 Å². The molecule has 2 aromatic heterocycles. The van der Waals surface area contributed by atoms with Gasteiger partial charge in [-0.2, -0.15) is 15.2 Å². The van der Waals surface area contributed by atoms with Crippen LogP contribution in [0.2, 0.25) is 0 Å². The molecule has 8 heteroatoms. The smallest absolute Gasteiger partial charge is 0.356 e. The number of aryl methyl sites for hydroxylation is 1. The van der Waals surface area contributed by atoms with E-state index in [9.17, 15) is 4.79 Å². The SMILES string of the molecule is Cn1nc(C(=O)O)cc1Nc1ncn[nH]1. The predicted molar refractivity (Wildman–Crippen MR) is 49.8 cm³/mol. The second-order valence-electron chi connectivity index (χ2n) is 2.80. The molecular formula is C7H8N6O2. The van der Waals surface area contributed by atoms with Gasteiger partial charge in [0.2, 0.25) is 5.95 Å². The van der Waals surface area contributed by atoms with Gasteiger partial charge in [0.15, 0.2) is 5.69 Å². The number of nitrogens with zero attached hydrogens (tertiary/aromatic N) is 4. The van der Waals surface area contributed by atoms with Crippen LogP contribution in [0.3, 0.4) is 0 Å². The van der Waals surface area contributed by atoms with Crippen molar-refractivity contribution in [3.8, 4) is 0 Å². The standard InChI is InChI=1S/C7H8N6O2/c1-13-5(2-4(12-13)6(14)15)10-7-8-3-9-11-7/h2-3H,1H3,(H,14,15)(H2,8,9,10,11). The summed E-state index contributed by atoms with van der Waals surface area (Å²) in [6.07, 6.45) is 1.34. The highest BCUT2D eigenvalue weighted by molar-refractivity contribution is 5.86. The third kappa shape index (κ3) is 1.77. The Morgan fingerprint density at radius 1 is 1.67 bits per heavy atom. The lowest BCUT2D eigenvalue weighted by Gasteiger charge is -2.00. The van der Waals surface area contributed by atoms with Gasteiger partial charge in [-0.15, -0.1) is 0 Å². The third-order valence-electron chi connectivity index (χ3n) is 1.76. The minimum Gasteiger partial charge on any atom is -0.476 e. The van der Waals surface area contributed by atoms with Gasteiger partial charge in [0, 0.05) is 13.1 Å². The van der Waals surface area contributed by atoms with Crippen LogP contribution in [0.4, 0.5) is 11.8 Å². The molecule has 0 unspecified atom stereocenters. The van der Waals surface area contributed by atoms with E-state index in [4.69, 9.17) is 5.11 Å².